The van der Waals surface area contributed by atoms with Crippen molar-refractivity contribution in [2.24, 2.45) is 9.78 Å². The molecular formula is C18H26N6O2S. The molecule has 0 fully saturated rings. The SMILES string of the molecule is Cc1ncc(C)c(N2CCn3ncc(S(C)(=O)=NC(=O)C(C)(C)C)c3C2)n1. The standard InChI is InChI=1S/C18H26N6O2S/c1-12-9-19-13(2)21-16(12)23-7-8-24-14(11-23)15(10-20-24)27(6,26)22-17(25)18(3,4)5/h9-10H,7-8,11H2,1-6H3. The van der Waals surface area contributed by atoms with E-state index in [-0.39, 0.29) is 5.91 Å². The molecule has 0 bridgehead atoms. The lowest BCUT2D eigenvalue weighted by Gasteiger charge is -2.30. The monoisotopic (exact) mass is 390 g/mol. The van der Waals surface area contributed by atoms with Gasteiger partial charge in [0.2, 0.25) is 0 Å². The smallest absolute Gasteiger partial charge is 0.259 e. The van der Waals surface area contributed by atoms with E-state index in [1.165, 1.54) is 6.26 Å². The molecule has 0 aliphatic carbocycles. The minimum atomic E-state index is -2.88. The van der Waals surface area contributed by atoms with Crippen LogP contribution in [0.2, 0.25) is 0 Å². The van der Waals surface area contributed by atoms with Gasteiger partial charge in [-0.15, -0.1) is 0 Å². The maximum atomic E-state index is 13.3. The first kappa shape index (κ1) is 19.5. The molecule has 1 aliphatic heterocycles. The van der Waals surface area contributed by atoms with E-state index < -0.39 is 15.1 Å². The Bertz CT molecular complexity index is 1010. The van der Waals surface area contributed by atoms with E-state index >= 15 is 0 Å². The molecule has 0 spiro atoms. The van der Waals surface area contributed by atoms with Crippen molar-refractivity contribution in [1.82, 2.24) is 19.7 Å². The minimum absolute atomic E-state index is 0.370. The van der Waals surface area contributed by atoms with Crippen LogP contribution in [0.3, 0.4) is 0 Å². The van der Waals surface area contributed by atoms with Gasteiger partial charge in [-0.2, -0.15) is 9.46 Å². The van der Waals surface area contributed by atoms with Gasteiger partial charge in [-0.25, -0.2) is 14.2 Å². The fourth-order valence-electron chi connectivity index (χ4n) is 2.90. The zero-order valence-corrected chi connectivity index (χ0v) is 17.5. The Morgan fingerprint density at radius 1 is 1.22 bits per heavy atom. The van der Waals surface area contributed by atoms with E-state index in [1.807, 2.05) is 24.7 Å². The van der Waals surface area contributed by atoms with E-state index in [0.717, 1.165) is 23.6 Å². The van der Waals surface area contributed by atoms with E-state index in [0.29, 0.717) is 23.8 Å². The number of fused-ring (bicyclic) bond motifs is 1. The molecule has 27 heavy (non-hydrogen) atoms. The summed E-state index contributed by atoms with van der Waals surface area (Å²) in [6.07, 6.45) is 4.90. The van der Waals surface area contributed by atoms with E-state index in [4.69, 9.17) is 0 Å². The van der Waals surface area contributed by atoms with E-state index in [9.17, 15) is 9.00 Å². The molecule has 8 nitrogen and oxygen atoms in total. The maximum Gasteiger partial charge on any atom is 0.259 e. The van der Waals surface area contributed by atoms with E-state index in [1.54, 1.807) is 27.0 Å². The van der Waals surface area contributed by atoms with E-state index in [2.05, 4.69) is 24.3 Å². The van der Waals surface area contributed by atoms with Crippen LogP contribution in [0.5, 0.6) is 0 Å². The van der Waals surface area contributed by atoms with Crippen LogP contribution in [0.4, 0.5) is 5.82 Å². The Morgan fingerprint density at radius 3 is 2.59 bits per heavy atom. The number of carbonyl (C=O) groups excluding carboxylic acids is 1. The predicted octanol–water partition coefficient (Wildman–Crippen LogP) is 2.34. The van der Waals surface area contributed by atoms with Crippen LogP contribution in [-0.4, -0.2) is 42.7 Å². The van der Waals surface area contributed by atoms with Crippen molar-refractivity contribution in [3.63, 3.8) is 0 Å². The Morgan fingerprint density at radius 2 is 1.93 bits per heavy atom. The number of anilines is 1. The van der Waals surface area contributed by atoms with Gasteiger partial charge in [0.15, 0.2) is 0 Å². The Kier molecular flexibility index (Phi) is 4.83. The second kappa shape index (κ2) is 6.70. The molecule has 3 rings (SSSR count). The summed E-state index contributed by atoms with van der Waals surface area (Å²) in [4.78, 5) is 23.8. The number of rotatable bonds is 2. The molecule has 1 unspecified atom stereocenters. The van der Waals surface area contributed by atoms with Gasteiger partial charge >= 0.3 is 0 Å². The van der Waals surface area contributed by atoms with Gasteiger partial charge in [-0.1, -0.05) is 20.8 Å². The molecule has 0 saturated heterocycles. The molecule has 0 saturated carbocycles. The minimum Gasteiger partial charge on any atom is -0.348 e. The molecule has 0 aromatic carbocycles. The number of hydrogen-bond acceptors (Lipinski definition) is 6. The summed E-state index contributed by atoms with van der Waals surface area (Å²) in [5.74, 6) is 1.20. The molecule has 9 heteroatoms. The van der Waals surface area contributed by atoms with Gasteiger partial charge in [0.1, 0.15) is 11.6 Å². The largest absolute Gasteiger partial charge is 0.348 e. The first-order chi connectivity index (χ1) is 12.5. The third kappa shape index (κ3) is 3.87. The van der Waals surface area contributed by atoms with Gasteiger partial charge < -0.3 is 4.90 Å². The highest BCUT2D eigenvalue weighted by atomic mass is 32.2. The first-order valence-electron chi connectivity index (χ1n) is 8.85. The van der Waals surface area contributed by atoms with Crippen molar-refractivity contribution in [3.8, 4) is 0 Å². The van der Waals surface area contributed by atoms with Gasteiger partial charge in [-0.3, -0.25) is 9.48 Å². The lowest BCUT2D eigenvalue weighted by Crippen LogP contribution is -2.35. The second-order valence-corrected chi connectivity index (χ2v) is 10.2. The number of hydrogen-bond donors (Lipinski definition) is 0. The normalized spacial score (nSPS) is 16.6. The topological polar surface area (TPSA) is 93.3 Å². The Labute approximate surface area is 160 Å². The second-order valence-electron chi connectivity index (χ2n) is 7.97. The van der Waals surface area contributed by atoms with Gasteiger partial charge in [0.05, 0.1) is 39.6 Å². The summed E-state index contributed by atoms with van der Waals surface area (Å²) in [6.45, 7) is 11.0. The van der Waals surface area contributed by atoms with Gasteiger partial charge in [0, 0.05) is 30.0 Å². The van der Waals surface area contributed by atoms with Crippen molar-refractivity contribution in [2.75, 3.05) is 17.7 Å². The average molecular weight is 391 g/mol. The summed E-state index contributed by atoms with van der Waals surface area (Å²) < 4.78 is 19.2. The fourth-order valence-corrected chi connectivity index (χ4v) is 4.44. The number of amides is 1. The molecule has 0 N–H and O–H groups in total. The molecule has 1 atom stereocenters. The predicted molar refractivity (Wildman–Crippen MR) is 104 cm³/mol. The van der Waals surface area contributed by atoms with Crippen LogP contribution in [0.25, 0.3) is 0 Å². The maximum absolute atomic E-state index is 13.3. The van der Waals surface area contributed by atoms with Crippen molar-refractivity contribution in [3.05, 3.63) is 29.5 Å². The zero-order chi connectivity index (χ0) is 20.0. The lowest BCUT2D eigenvalue weighted by molar-refractivity contribution is -0.124. The molecule has 0 radical (unpaired) electrons. The quantitative estimate of drug-likeness (QED) is 0.781. The number of aryl methyl sites for hydroxylation is 2. The third-order valence-electron chi connectivity index (χ3n) is 4.50. The van der Waals surface area contributed by atoms with Gasteiger partial charge in [0.25, 0.3) is 5.91 Å². The van der Waals surface area contributed by atoms with Crippen LogP contribution >= 0.6 is 0 Å². The van der Waals surface area contributed by atoms with Crippen molar-refractivity contribution >= 4 is 21.5 Å². The highest BCUT2D eigenvalue weighted by Crippen LogP contribution is 2.27. The molecule has 2 aromatic rings. The van der Waals surface area contributed by atoms with Gasteiger partial charge in [-0.05, 0) is 13.8 Å². The Hall–Kier alpha value is -2.29. The van der Waals surface area contributed by atoms with Crippen molar-refractivity contribution in [1.29, 1.82) is 0 Å². The van der Waals surface area contributed by atoms with Crippen molar-refractivity contribution in [2.45, 2.75) is 52.6 Å². The summed E-state index contributed by atoms with van der Waals surface area (Å²) in [5.41, 5.74) is 1.13. The summed E-state index contributed by atoms with van der Waals surface area (Å²) in [7, 11) is -2.88. The number of aromatic nitrogens is 4. The first-order valence-corrected chi connectivity index (χ1v) is 10.8. The molecule has 2 aromatic heterocycles. The summed E-state index contributed by atoms with van der Waals surface area (Å²) >= 11 is 0. The average Bonchev–Trinajstić information content (AvgIpc) is 2.99. The number of nitrogens with zero attached hydrogens (tertiary/aromatic N) is 6. The summed E-state index contributed by atoms with van der Waals surface area (Å²) in [5, 5.41) is 4.37. The summed E-state index contributed by atoms with van der Waals surface area (Å²) in [6, 6.07) is 0. The lowest BCUT2D eigenvalue weighted by atomic mass is 9.96. The Balaban J connectivity index is 2.00. The molecular weight excluding hydrogens is 364 g/mol. The number of carbonyl (C=O) groups is 1. The molecule has 1 amide bonds. The van der Waals surface area contributed by atoms with Crippen LogP contribution in [0.15, 0.2) is 21.7 Å². The highest BCUT2D eigenvalue weighted by Gasteiger charge is 2.28. The van der Waals surface area contributed by atoms with Crippen LogP contribution in [0.1, 0.15) is 37.9 Å². The third-order valence-corrected chi connectivity index (χ3v) is 6.18. The van der Waals surface area contributed by atoms with Crippen LogP contribution in [-0.2, 0) is 27.6 Å². The van der Waals surface area contributed by atoms with Crippen molar-refractivity contribution < 1.29 is 9.00 Å². The molecule has 146 valence electrons. The van der Waals surface area contributed by atoms with Crippen LogP contribution in [0, 0.1) is 19.3 Å². The van der Waals surface area contributed by atoms with Crippen LogP contribution < -0.4 is 4.90 Å². The zero-order valence-electron chi connectivity index (χ0n) is 16.7. The fraction of sp³-hybridized carbons (Fsp3) is 0.556. The molecule has 1 aliphatic rings. The highest BCUT2D eigenvalue weighted by molar-refractivity contribution is 7.93. The molecule has 3 heterocycles.